The van der Waals surface area contributed by atoms with Crippen molar-refractivity contribution in [2.75, 3.05) is 29.0 Å². The van der Waals surface area contributed by atoms with Crippen LogP contribution in [0.4, 0.5) is 25.8 Å². The normalized spacial score (nSPS) is 12.9. The maximum atomic E-state index is 12.0. The van der Waals surface area contributed by atoms with Crippen LogP contribution in [0, 0.1) is 0 Å². The van der Waals surface area contributed by atoms with Crippen LogP contribution in [0.3, 0.4) is 0 Å². The lowest BCUT2D eigenvalue weighted by molar-refractivity contribution is 0.0388. The Kier molecular flexibility index (Phi) is 13.8. The van der Waals surface area contributed by atoms with Gasteiger partial charge in [0.2, 0.25) is 0 Å². The number of halogens is 1. The first-order valence-electron chi connectivity index (χ1n) is 13.4. The lowest BCUT2D eigenvalue weighted by Gasteiger charge is -2.24. The van der Waals surface area contributed by atoms with Crippen LogP contribution in [-0.2, 0) is 22.3 Å². The summed E-state index contributed by atoms with van der Waals surface area (Å²) >= 11 is 1.96. The van der Waals surface area contributed by atoms with Gasteiger partial charge in [-0.25, -0.2) is 30.2 Å². The molecule has 0 atom stereocenters. The number of hydrazine groups is 2. The van der Waals surface area contributed by atoms with E-state index in [1.165, 1.54) is 5.01 Å². The molecule has 0 fully saturated rings. The highest BCUT2D eigenvalue weighted by Gasteiger charge is 2.24. The van der Waals surface area contributed by atoms with Crippen LogP contribution in [0.15, 0.2) is 48.5 Å². The molecule has 2 aromatic rings. The number of fused-ring (bicyclic) bond motifs is 1. The lowest BCUT2D eigenvalue weighted by atomic mass is 10.1. The number of rotatable bonds is 5. The zero-order chi connectivity index (χ0) is 31.1. The van der Waals surface area contributed by atoms with E-state index in [1.807, 2.05) is 91.9 Å². The molecule has 4 amide bonds. The third-order valence-corrected chi connectivity index (χ3v) is 4.90. The monoisotopic (exact) mass is 671 g/mol. The second-order valence-electron chi connectivity index (χ2n) is 10.6. The number of nitrogen functional groups attached to an aromatic ring is 1. The predicted molar refractivity (Wildman–Crippen MR) is 167 cm³/mol. The zero-order valence-corrected chi connectivity index (χ0v) is 26.3. The number of anilines is 2. The van der Waals surface area contributed by atoms with Crippen LogP contribution < -0.4 is 27.3 Å². The Morgan fingerprint density at radius 1 is 1.02 bits per heavy atom. The number of benzene rings is 2. The van der Waals surface area contributed by atoms with Crippen molar-refractivity contribution in [2.24, 2.45) is 0 Å². The molecule has 2 aromatic carbocycles. The number of nitrogens with two attached hydrogens (primary N) is 1. The highest BCUT2D eigenvalue weighted by atomic mass is 127. The average molecular weight is 672 g/mol. The minimum atomic E-state index is -0.640. The van der Waals surface area contributed by atoms with Crippen molar-refractivity contribution < 1.29 is 25.2 Å². The fourth-order valence-electron chi connectivity index (χ4n) is 3.29. The third-order valence-electron chi connectivity index (χ3n) is 4.90. The molecular weight excluding hydrogens is 627 g/mol. The molecule has 12 heteroatoms. The summed E-state index contributed by atoms with van der Waals surface area (Å²) in [6, 6.07) is 14.8. The van der Waals surface area contributed by atoms with Gasteiger partial charge in [-0.05, 0) is 82.6 Å². The highest BCUT2D eigenvalue weighted by molar-refractivity contribution is 14.1. The Balaban J connectivity index is 0.000000376. The van der Waals surface area contributed by atoms with Crippen molar-refractivity contribution in [3.05, 3.63) is 59.7 Å². The zero-order valence-electron chi connectivity index (χ0n) is 25.1. The SMILES string of the molecule is CC(C)(C)OC(=O)NN1CCc2ccccc2NC1=O.CC(C)(C)OC(=O)NNCCc1ccccc1N.[2H]CI. The number of carbonyl (C=O) groups excluding carboxylic acids is 3. The van der Waals surface area contributed by atoms with Crippen molar-refractivity contribution in [3.63, 3.8) is 0 Å². The van der Waals surface area contributed by atoms with Gasteiger partial charge in [-0.1, -0.05) is 59.0 Å². The fraction of sp³-hybridized carbons (Fsp3) is 0.464. The summed E-state index contributed by atoms with van der Waals surface area (Å²) in [6.45, 7) is 11.7. The minimum absolute atomic E-state index is 0.374. The van der Waals surface area contributed by atoms with Crippen LogP contribution in [0.1, 0.15) is 54.0 Å². The first-order chi connectivity index (χ1) is 19.1. The molecule has 0 bridgehead atoms. The molecule has 6 N–H and O–H groups in total. The van der Waals surface area contributed by atoms with Gasteiger partial charge in [-0.3, -0.25) is 5.43 Å². The number of carbonyl (C=O) groups is 3. The Bertz CT molecular complexity index is 1120. The summed E-state index contributed by atoms with van der Waals surface area (Å²) < 4.78 is 16.4. The van der Waals surface area contributed by atoms with Gasteiger partial charge in [0.1, 0.15) is 11.2 Å². The first kappa shape index (κ1) is 32.9. The molecule has 0 saturated carbocycles. The number of alkyl halides is 1. The highest BCUT2D eigenvalue weighted by Crippen LogP contribution is 2.19. The second kappa shape index (κ2) is 16.8. The van der Waals surface area contributed by atoms with Crippen molar-refractivity contribution in [3.8, 4) is 0 Å². The van der Waals surface area contributed by atoms with Gasteiger partial charge in [0.05, 0.1) is 0 Å². The van der Waals surface area contributed by atoms with Crippen LogP contribution in [-0.4, -0.2) is 52.4 Å². The fourth-order valence-corrected chi connectivity index (χ4v) is 3.29. The van der Waals surface area contributed by atoms with Crippen LogP contribution in [0.25, 0.3) is 0 Å². The van der Waals surface area contributed by atoms with Gasteiger partial charge < -0.3 is 20.5 Å². The summed E-state index contributed by atoms with van der Waals surface area (Å²) in [5.74, 6) is 0. The van der Waals surface area contributed by atoms with Gasteiger partial charge in [-0.15, -0.1) is 0 Å². The number of nitrogens with one attached hydrogen (secondary N) is 4. The van der Waals surface area contributed by atoms with Crippen molar-refractivity contribution in [1.29, 1.82) is 0 Å². The molecule has 0 spiro atoms. The smallest absolute Gasteiger partial charge is 0.426 e. The number of amides is 4. The average Bonchev–Trinajstić information content (AvgIpc) is 3.00. The number of hydrogen-bond donors (Lipinski definition) is 5. The molecule has 0 aliphatic carbocycles. The number of nitrogens with zero attached hydrogens (tertiary/aromatic N) is 1. The third kappa shape index (κ3) is 14.2. The van der Waals surface area contributed by atoms with Crippen molar-refractivity contribution >= 4 is 52.2 Å². The molecule has 11 nitrogen and oxygen atoms in total. The molecular formula is C28H43IN6O5. The predicted octanol–water partition coefficient (Wildman–Crippen LogP) is 5.41. The molecule has 1 aliphatic heterocycles. The van der Waals surface area contributed by atoms with E-state index >= 15 is 0 Å². The van der Waals surface area contributed by atoms with E-state index in [2.05, 4.69) is 21.6 Å². The van der Waals surface area contributed by atoms with Gasteiger partial charge in [0.25, 0.3) is 0 Å². The Labute approximate surface area is 252 Å². The van der Waals surface area contributed by atoms with E-state index in [9.17, 15) is 14.4 Å². The Morgan fingerprint density at radius 2 is 1.60 bits per heavy atom. The van der Waals surface area contributed by atoms with Crippen molar-refractivity contribution in [1.82, 2.24) is 21.3 Å². The first-order valence-corrected chi connectivity index (χ1v) is 14.2. The molecule has 40 heavy (non-hydrogen) atoms. The summed E-state index contributed by atoms with van der Waals surface area (Å²) in [7, 11) is 0. The van der Waals surface area contributed by atoms with E-state index in [0.29, 0.717) is 24.4 Å². The summed E-state index contributed by atoms with van der Waals surface area (Å²) in [5.41, 5.74) is 16.1. The van der Waals surface area contributed by atoms with Gasteiger partial charge >= 0.3 is 18.2 Å². The molecule has 3 rings (SSSR count). The van der Waals surface area contributed by atoms with Crippen molar-refractivity contribution in [2.45, 2.75) is 65.6 Å². The van der Waals surface area contributed by atoms with Gasteiger partial charge in [0, 0.05) is 25.8 Å². The molecule has 0 radical (unpaired) electrons. The van der Waals surface area contributed by atoms with Crippen LogP contribution >= 0.6 is 22.6 Å². The largest absolute Gasteiger partial charge is 0.443 e. The van der Waals surface area contributed by atoms with Gasteiger partial charge in [-0.2, -0.15) is 0 Å². The number of hydrogen-bond acceptors (Lipinski definition) is 7. The molecule has 1 heterocycles. The summed E-state index contributed by atoms with van der Waals surface area (Å²) in [4.78, 5) is 35.5. The molecule has 0 unspecified atom stereocenters. The number of ether oxygens (including phenoxy) is 2. The van der Waals surface area contributed by atoms with Crippen LogP contribution in [0.2, 0.25) is 0 Å². The minimum Gasteiger partial charge on any atom is -0.443 e. The molecule has 0 saturated heterocycles. The quantitative estimate of drug-likeness (QED) is 0.0940. The Hall–Kier alpha value is -3.26. The van der Waals surface area contributed by atoms with Gasteiger partial charge in [0.15, 0.2) is 0 Å². The van der Waals surface area contributed by atoms with E-state index in [0.717, 1.165) is 28.9 Å². The lowest BCUT2D eigenvalue weighted by Crippen LogP contribution is -2.49. The second-order valence-corrected chi connectivity index (χ2v) is 10.6. The number of para-hydroxylation sites is 2. The molecule has 0 aromatic heterocycles. The number of urea groups is 1. The molecule has 1 aliphatic rings. The maximum Gasteiger partial charge on any atom is 0.426 e. The maximum absolute atomic E-state index is 12.0. The molecule has 222 valence electrons. The van der Waals surface area contributed by atoms with E-state index in [1.54, 1.807) is 20.8 Å². The van der Waals surface area contributed by atoms with Crippen LogP contribution in [0.5, 0.6) is 0 Å². The van der Waals surface area contributed by atoms with E-state index < -0.39 is 23.4 Å². The summed E-state index contributed by atoms with van der Waals surface area (Å²) in [6.07, 6.45) is 0.273. The Morgan fingerprint density at radius 3 is 2.23 bits per heavy atom. The topological polar surface area (TPSA) is 147 Å². The van der Waals surface area contributed by atoms with E-state index in [-0.39, 0.29) is 6.03 Å². The standard InChI is InChI=1S/C14H19N3O3.C13H21N3O2.CH3I/c1-14(2,3)20-13(19)16-17-9-8-10-6-4-5-7-11(10)15-12(17)18;1-13(2,3)18-12(17)16-15-9-8-10-6-4-5-7-11(10)14;1-2/h4-7H,8-9H2,1-3H3,(H,15,18)(H,16,19);4-7,15H,8-9,14H2,1-3H3,(H,16,17);1H3/i;;1D. The van der Waals surface area contributed by atoms with E-state index in [4.69, 9.17) is 16.6 Å². The summed E-state index contributed by atoms with van der Waals surface area (Å²) in [5, 5.41) is 3.99.